The predicted octanol–water partition coefficient (Wildman–Crippen LogP) is 0.990. The first kappa shape index (κ1) is 14.1. The van der Waals surface area contributed by atoms with Gasteiger partial charge in [0.15, 0.2) is 0 Å². The van der Waals surface area contributed by atoms with Crippen molar-refractivity contribution in [1.82, 2.24) is 10.5 Å². The van der Waals surface area contributed by atoms with Gasteiger partial charge in [0.2, 0.25) is 5.91 Å². The third-order valence-corrected chi connectivity index (χ3v) is 3.32. The molecule has 0 unspecified atom stereocenters. The van der Waals surface area contributed by atoms with Gasteiger partial charge in [-0.25, -0.2) is 0 Å². The highest BCUT2D eigenvalue weighted by molar-refractivity contribution is 7.99. The fourth-order valence-electron chi connectivity index (χ4n) is 1.33. The van der Waals surface area contributed by atoms with Crippen LogP contribution in [-0.4, -0.2) is 29.9 Å². The van der Waals surface area contributed by atoms with Gasteiger partial charge in [-0.2, -0.15) is 0 Å². The monoisotopic (exact) mass is 257 g/mol. The van der Waals surface area contributed by atoms with Crippen LogP contribution in [-0.2, 0) is 10.5 Å². The normalized spacial score (nSPS) is 10.5. The number of aromatic nitrogens is 1. The van der Waals surface area contributed by atoms with Gasteiger partial charge in [0.25, 0.3) is 0 Å². The van der Waals surface area contributed by atoms with Crippen molar-refractivity contribution in [1.29, 1.82) is 0 Å². The lowest BCUT2D eigenvalue weighted by atomic mass is 10.2. The Morgan fingerprint density at radius 2 is 2.29 bits per heavy atom. The molecule has 0 aliphatic carbocycles. The number of carbonyl (C=O) groups excluding carboxylic acids is 1. The molecule has 0 atom stereocenters. The molecular weight excluding hydrogens is 238 g/mol. The van der Waals surface area contributed by atoms with Crippen LogP contribution in [0.25, 0.3) is 0 Å². The average Bonchev–Trinajstić information content (AvgIpc) is 2.61. The standard InChI is InChI=1S/C11H19N3O2S/c1-8-10(9(2)16-14-8)6-17-7-11(15)13-5-3-4-12/h3-7,12H2,1-2H3,(H,13,15). The topological polar surface area (TPSA) is 81.2 Å². The van der Waals surface area contributed by atoms with Crippen molar-refractivity contribution in [2.24, 2.45) is 5.73 Å². The molecule has 5 nitrogen and oxygen atoms in total. The smallest absolute Gasteiger partial charge is 0.230 e. The summed E-state index contributed by atoms with van der Waals surface area (Å²) < 4.78 is 5.05. The fourth-order valence-corrected chi connectivity index (χ4v) is 2.34. The maximum Gasteiger partial charge on any atom is 0.230 e. The molecule has 1 rings (SSSR count). The molecule has 96 valence electrons. The molecule has 0 aromatic carbocycles. The van der Waals surface area contributed by atoms with Crippen LogP contribution in [0.15, 0.2) is 4.52 Å². The molecule has 0 saturated heterocycles. The number of rotatable bonds is 7. The Labute approximate surface area is 105 Å². The first-order chi connectivity index (χ1) is 8.15. The molecule has 0 radical (unpaired) electrons. The van der Waals surface area contributed by atoms with Gasteiger partial charge in [-0.05, 0) is 26.8 Å². The van der Waals surface area contributed by atoms with Gasteiger partial charge in [0.05, 0.1) is 11.4 Å². The number of hydrogen-bond donors (Lipinski definition) is 2. The fraction of sp³-hybridized carbons (Fsp3) is 0.636. The van der Waals surface area contributed by atoms with E-state index in [0.717, 1.165) is 29.2 Å². The number of carbonyl (C=O) groups is 1. The minimum Gasteiger partial charge on any atom is -0.361 e. The summed E-state index contributed by atoms with van der Waals surface area (Å²) in [4.78, 5) is 11.4. The summed E-state index contributed by atoms with van der Waals surface area (Å²) in [6, 6.07) is 0. The molecular formula is C11H19N3O2S. The van der Waals surface area contributed by atoms with Crippen LogP contribution in [0, 0.1) is 13.8 Å². The zero-order valence-electron chi connectivity index (χ0n) is 10.3. The van der Waals surface area contributed by atoms with E-state index in [1.165, 1.54) is 0 Å². The molecule has 0 aliphatic rings. The van der Waals surface area contributed by atoms with Crippen LogP contribution in [0.5, 0.6) is 0 Å². The Morgan fingerprint density at radius 1 is 1.53 bits per heavy atom. The number of hydrogen-bond acceptors (Lipinski definition) is 5. The van der Waals surface area contributed by atoms with Crippen LogP contribution in [0.2, 0.25) is 0 Å². The van der Waals surface area contributed by atoms with Crippen molar-refractivity contribution in [2.75, 3.05) is 18.8 Å². The maximum absolute atomic E-state index is 11.4. The lowest BCUT2D eigenvalue weighted by Gasteiger charge is -2.03. The van der Waals surface area contributed by atoms with Gasteiger partial charge in [-0.3, -0.25) is 4.79 Å². The van der Waals surface area contributed by atoms with Crippen LogP contribution >= 0.6 is 11.8 Å². The third kappa shape index (κ3) is 4.79. The second kappa shape index (κ2) is 7.34. The highest BCUT2D eigenvalue weighted by Crippen LogP contribution is 2.19. The van der Waals surface area contributed by atoms with Crippen molar-refractivity contribution >= 4 is 17.7 Å². The number of nitrogens with two attached hydrogens (primary N) is 1. The van der Waals surface area contributed by atoms with Gasteiger partial charge in [0, 0.05) is 17.9 Å². The van der Waals surface area contributed by atoms with E-state index in [4.69, 9.17) is 10.3 Å². The summed E-state index contributed by atoms with van der Waals surface area (Å²) >= 11 is 1.56. The summed E-state index contributed by atoms with van der Waals surface area (Å²) in [7, 11) is 0. The van der Waals surface area contributed by atoms with Gasteiger partial charge < -0.3 is 15.6 Å². The number of thioether (sulfide) groups is 1. The molecule has 1 aromatic heterocycles. The zero-order chi connectivity index (χ0) is 12.7. The van der Waals surface area contributed by atoms with Crippen molar-refractivity contribution in [3.05, 3.63) is 17.0 Å². The number of aryl methyl sites for hydroxylation is 2. The van der Waals surface area contributed by atoms with E-state index in [1.54, 1.807) is 11.8 Å². The molecule has 0 bridgehead atoms. The van der Waals surface area contributed by atoms with Gasteiger partial charge in [0.1, 0.15) is 5.76 Å². The van der Waals surface area contributed by atoms with Crippen molar-refractivity contribution in [3.63, 3.8) is 0 Å². The predicted molar refractivity (Wildman–Crippen MR) is 68.8 cm³/mol. The maximum atomic E-state index is 11.4. The molecule has 0 aliphatic heterocycles. The van der Waals surface area contributed by atoms with Crippen LogP contribution in [0.4, 0.5) is 0 Å². The van der Waals surface area contributed by atoms with E-state index in [-0.39, 0.29) is 5.91 Å². The lowest BCUT2D eigenvalue weighted by Crippen LogP contribution is -2.27. The molecule has 3 N–H and O–H groups in total. The second-order valence-electron chi connectivity index (χ2n) is 3.79. The van der Waals surface area contributed by atoms with Crippen molar-refractivity contribution in [3.8, 4) is 0 Å². The molecule has 1 aromatic rings. The van der Waals surface area contributed by atoms with Crippen molar-refractivity contribution < 1.29 is 9.32 Å². The summed E-state index contributed by atoms with van der Waals surface area (Å²) in [5.74, 6) is 2.09. The number of amides is 1. The Bertz CT molecular complexity index is 346. The largest absolute Gasteiger partial charge is 0.361 e. The zero-order valence-corrected chi connectivity index (χ0v) is 11.1. The van der Waals surface area contributed by atoms with E-state index in [2.05, 4.69) is 10.5 Å². The third-order valence-electron chi connectivity index (χ3n) is 2.36. The van der Waals surface area contributed by atoms with Crippen LogP contribution in [0.3, 0.4) is 0 Å². The minimum absolute atomic E-state index is 0.0511. The van der Waals surface area contributed by atoms with E-state index in [9.17, 15) is 4.79 Å². The summed E-state index contributed by atoms with van der Waals surface area (Å²) in [5, 5.41) is 6.69. The highest BCUT2D eigenvalue weighted by Gasteiger charge is 2.09. The summed E-state index contributed by atoms with van der Waals surface area (Å²) in [5.41, 5.74) is 7.33. The van der Waals surface area contributed by atoms with Crippen LogP contribution < -0.4 is 11.1 Å². The SMILES string of the molecule is Cc1noc(C)c1CSCC(=O)NCCCN. The number of nitrogens with zero attached hydrogens (tertiary/aromatic N) is 1. The quantitative estimate of drug-likeness (QED) is 0.712. The molecule has 1 amide bonds. The second-order valence-corrected chi connectivity index (χ2v) is 4.77. The Morgan fingerprint density at radius 3 is 2.88 bits per heavy atom. The molecule has 0 spiro atoms. The average molecular weight is 257 g/mol. The summed E-state index contributed by atoms with van der Waals surface area (Å²) in [6.07, 6.45) is 0.820. The Kier molecular flexibility index (Phi) is 6.07. The van der Waals surface area contributed by atoms with Gasteiger partial charge in [-0.15, -0.1) is 11.8 Å². The lowest BCUT2D eigenvalue weighted by molar-refractivity contribution is -0.118. The molecule has 0 fully saturated rings. The molecule has 1 heterocycles. The minimum atomic E-state index is 0.0511. The Hall–Kier alpha value is -1.01. The van der Waals surface area contributed by atoms with Gasteiger partial charge >= 0.3 is 0 Å². The first-order valence-corrected chi connectivity index (χ1v) is 6.77. The molecule has 6 heteroatoms. The van der Waals surface area contributed by atoms with Gasteiger partial charge in [-0.1, -0.05) is 5.16 Å². The number of nitrogens with one attached hydrogen (secondary N) is 1. The highest BCUT2D eigenvalue weighted by atomic mass is 32.2. The molecule has 17 heavy (non-hydrogen) atoms. The summed E-state index contributed by atoms with van der Waals surface area (Å²) in [6.45, 7) is 5.05. The van der Waals surface area contributed by atoms with E-state index < -0.39 is 0 Å². The van der Waals surface area contributed by atoms with E-state index >= 15 is 0 Å². The van der Waals surface area contributed by atoms with E-state index in [0.29, 0.717) is 18.8 Å². The van der Waals surface area contributed by atoms with Crippen LogP contribution in [0.1, 0.15) is 23.4 Å². The van der Waals surface area contributed by atoms with Crippen molar-refractivity contribution in [2.45, 2.75) is 26.0 Å². The first-order valence-electron chi connectivity index (χ1n) is 5.61. The van der Waals surface area contributed by atoms with E-state index in [1.807, 2.05) is 13.8 Å². The molecule has 0 saturated carbocycles. The Balaban J connectivity index is 2.21.